The first-order chi connectivity index (χ1) is 9.24. The summed E-state index contributed by atoms with van der Waals surface area (Å²) in [7, 11) is 0. The fourth-order valence-corrected chi connectivity index (χ4v) is 3.56. The molecule has 3 atom stereocenters. The summed E-state index contributed by atoms with van der Waals surface area (Å²) in [4.78, 5) is 6.73. The molecule has 6 nitrogen and oxygen atoms in total. The molecule has 1 aliphatic heterocycles. The lowest BCUT2D eigenvalue weighted by molar-refractivity contribution is 0.133. The van der Waals surface area contributed by atoms with E-state index in [1.54, 1.807) is 6.20 Å². The zero-order chi connectivity index (χ0) is 13.0. The maximum absolute atomic E-state index is 10.0. The van der Waals surface area contributed by atoms with Crippen molar-refractivity contribution in [3.63, 3.8) is 0 Å². The van der Waals surface area contributed by atoms with Gasteiger partial charge in [0, 0.05) is 31.4 Å². The minimum Gasteiger partial charge on any atom is -0.393 e. The number of nitrogens with zero attached hydrogens (tertiary/aromatic N) is 5. The SMILES string of the molecule is Cc1nnc2c(N3CC4CCC(O)C4C3)nccn12. The quantitative estimate of drug-likeness (QED) is 0.814. The smallest absolute Gasteiger partial charge is 0.203 e. The monoisotopic (exact) mass is 259 g/mol. The molecule has 1 aliphatic carbocycles. The van der Waals surface area contributed by atoms with E-state index in [2.05, 4.69) is 20.1 Å². The summed E-state index contributed by atoms with van der Waals surface area (Å²) in [5.41, 5.74) is 0.814. The first kappa shape index (κ1) is 11.2. The van der Waals surface area contributed by atoms with E-state index in [-0.39, 0.29) is 6.10 Å². The molecule has 100 valence electrons. The second-order valence-electron chi connectivity index (χ2n) is 5.67. The average molecular weight is 259 g/mol. The van der Waals surface area contributed by atoms with Crippen LogP contribution in [0.15, 0.2) is 12.4 Å². The topological polar surface area (TPSA) is 66.5 Å². The van der Waals surface area contributed by atoms with Gasteiger partial charge in [-0.1, -0.05) is 0 Å². The van der Waals surface area contributed by atoms with Crippen LogP contribution in [0.1, 0.15) is 18.7 Å². The molecule has 1 saturated heterocycles. The van der Waals surface area contributed by atoms with Crippen molar-refractivity contribution in [2.45, 2.75) is 25.9 Å². The molecule has 2 aromatic rings. The molecule has 1 N–H and O–H groups in total. The van der Waals surface area contributed by atoms with Gasteiger partial charge in [0.05, 0.1) is 6.10 Å². The Labute approximate surface area is 111 Å². The van der Waals surface area contributed by atoms with Crippen LogP contribution in [0.2, 0.25) is 0 Å². The number of anilines is 1. The van der Waals surface area contributed by atoms with Crippen LogP contribution in [0.3, 0.4) is 0 Å². The molecule has 0 aromatic carbocycles. The lowest BCUT2D eigenvalue weighted by Gasteiger charge is -2.19. The van der Waals surface area contributed by atoms with E-state index in [1.807, 2.05) is 17.5 Å². The van der Waals surface area contributed by atoms with Gasteiger partial charge < -0.3 is 10.0 Å². The van der Waals surface area contributed by atoms with Crippen molar-refractivity contribution in [1.82, 2.24) is 19.6 Å². The van der Waals surface area contributed by atoms with E-state index in [9.17, 15) is 5.11 Å². The first-order valence-electron chi connectivity index (χ1n) is 6.83. The van der Waals surface area contributed by atoms with Gasteiger partial charge in [0.1, 0.15) is 5.82 Å². The Bertz CT molecular complexity index is 625. The van der Waals surface area contributed by atoms with Crippen LogP contribution in [0, 0.1) is 18.8 Å². The molecule has 2 aromatic heterocycles. The van der Waals surface area contributed by atoms with Crippen molar-refractivity contribution < 1.29 is 5.11 Å². The zero-order valence-electron chi connectivity index (χ0n) is 10.9. The molecule has 3 heterocycles. The number of aliphatic hydroxyl groups excluding tert-OH is 1. The standard InChI is InChI=1S/C13H17N5O/c1-8-15-16-13-12(14-4-5-18(8)13)17-6-9-2-3-11(19)10(9)7-17/h4-5,9-11,19H,2-3,6-7H2,1H3. The summed E-state index contributed by atoms with van der Waals surface area (Å²) < 4.78 is 1.97. The van der Waals surface area contributed by atoms with Gasteiger partial charge in [0.15, 0.2) is 5.82 Å². The van der Waals surface area contributed by atoms with Crippen molar-refractivity contribution in [3.05, 3.63) is 18.2 Å². The second kappa shape index (κ2) is 3.90. The number of aryl methyl sites for hydroxylation is 1. The Morgan fingerprint density at radius 3 is 3.00 bits per heavy atom. The molecule has 0 spiro atoms. The van der Waals surface area contributed by atoms with Crippen molar-refractivity contribution in [1.29, 1.82) is 0 Å². The third kappa shape index (κ3) is 1.56. The summed E-state index contributed by atoms with van der Waals surface area (Å²) >= 11 is 0. The highest BCUT2D eigenvalue weighted by molar-refractivity contribution is 5.64. The fourth-order valence-electron chi connectivity index (χ4n) is 3.56. The van der Waals surface area contributed by atoms with E-state index >= 15 is 0 Å². The highest BCUT2D eigenvalue weighted by Gasteiger charge is 2.42. The largest absolute Gasteiger partial charge is 0.393 e. The number of aromatic nitrogens is 4. The fraction of sp³-hybridized carbons (Fsp3) is 0.615. The third-order valence-corrected chi connectivity index (χ3v) is 4.60. The normalized spacial score (nSPS) is 30.2. The number of rotatable bonds is 1. The van der Waals surface area contributed by atoms with Gasteiger partial charge in [-0.2, -0.15) is 0 Å². The highest BCUT2D eigenvalue weighted by Crippen LogP contribution is 2.39. The van der Waals surface area contributed by atoms with E-state index in [0.717, 1.165) is 43.2 Å². The van der Waals surface area contributed by atoms with Gasteiger partial charge in [-0.25, -0.2) is 4.98 Å². The molecule has 1 saturated carbocycles. The van der Waals surface area contributed by atoms with Gasteiger partial charge in [0.25, 0.3) is 0 Å². The maximum atomic E-state index is 10.0. The van der Waals surface area contributed by atoms with Crippen LogP contribution in [0.5, 0.6) is 0 Å². The number of aliphatic hydroxyl groups is 1. The third-order valence-electron chi connectivity index (χ3n) is 4.60. The number of fused-ring (bicyclic) bond motifs is 2. The van der Waals surface area contributed by atoms with Crippen molar-refractivity contribution >= 4 is 11.5 Å². The predicted octanol–water partition coefficient (Wildman–Crippen LogP) is 0.640. The molecule has 3 unspecified atom stereocenters. The van der Waals surface area contributed by atoms with Crippen molar-refractivity contribution in [3.8, 4) is 0 Å². The summed E-state index contributed by atoms with van der Waals surface area (Å²) in [6, 6.07) is 0. The van der Waals surface area contributed by atoms with Gasteiger partial charge in [-0.05, 0) is 25.7 Å². The summed E-state index contributed by atoms with van der Waals surface area (Å²) in [5, 5.41) is 18.3. The first-order valence-corrected chi connectivity index (χ1v) is 6.83. The van der Waals surface area contributed by atoms with Crippen LogP contribution in [-0.2, 0) is 0 Å². The minimum atomic E-state index is -0.144. The lowest BCUT2D eigenvalue weighted by Crippen LogP contribution is -2.25. The summed E-state index contributed by atoms with van der Waals surface area (Å²) in [5.74, 6) is 2.76. The van der Waals surface area contributed by atoms with Crippen LogP contribution in [0.25, 0.3) is 5.65 Å². The molecule has 19 heavy (non-hydrogen) atoms. The molecule has 0 radical (unpaired) electrons. The molecule has 6 heteroatoms. The molecule has 2 fully saturated rings. The predicted molar refractivity (Wildman–Crippen MR) is 70.0 cm³/mol. The molecule has 4 rings (SSSR count). The molecular weight excluding hydrogens is 242 g/mol. The van der Waals surface area contributed by atoms with Gasteiger partial charge in [-0.3, -0.25) is 4.40 Å². The Hall–Kier alpha value is -1.69. The maximum Gasteiger partial charge on any atom is 0.203 e. The molecule has 2 aliphatic rings. The Balaban J connectivity index is 1.72. The zero-order valence-corrected chi connectivity index (χ0v) is 10.9. The molecular formula is C13H17N5O. The van der Waals surface area contributed by atoms with Crippen LogP contribution in [0.4, 0.5) is 5.82 Å². The Kier molecular flexibility index (Phi) is 2.29. The Morgan fingerprint density at radius 2 is 2.16 bits per heavy atom. The van der Waals surface area contributed by atoms with Gasteiger partial charge in [-0.15, -0.1) is 10.2 Å². The van der Waals surface area contributed by atoms with E-state index < -0.39 is 0 Å². The van der Waals surface area contributed by atoms with Crippen molar-refractivity contribution in [2.75, 3.05) is 18.0 Å². The average Bonchev–Trinajstić information content (AvgIpc) is 3.07. The van der Waals surface area contributed by atoms with Crippen molar-refractivity contribution in [2.24, 2.45) is 11.8 Å². The highest BCUT2D eigenvalue weighted by atomic mass is 16.3. The van der Waals surface area contributed by atoms with Gasteiger partial charge >= 0.3 is 0 Å². The van der Waals surface area contributed by atoms with Crippen LogP contribution in [-0.4, -0.2) is 43.9 Å². The van der Waals surface area contributed by atoms with E-state index in [4.69, 9.17) is 0 Å². The van der Waals surface area contributed by atoms with E-state index in [0.29, 0.717) is 11.8 Å². The van der Waals surface area contributed by atoms with Gasteiger partial charge in [0.2, 0.25) is 5.65 Å². The summed E-state index contributed by atoms with van der Waals surface area (Å²) in [6.07, 6.45) is 5.61. The summed E-state index contributed by atoms with van der Waals surface area (Å²) in [6.45, 7) is 3.79. The van der Waals surface area contributed by atoms with E-state index in [1.165, 1.54) is 0 Å². The lowest BCUT2D eigenvalue weighted by atomic mass is 10.00. The second-order valence-corrected chi connectivity index (χ2v) is 5.67. The Morgan fingerprint density at radius 1 is 1.26 bits per heavy atom. The van der Waals surface area contributed by atoms with Crippen LogP contribution < -0.4 is 4.90 Å². The minimum absolute atomic E-state index is 0.144. The van der Waals surface area contributed by atoms with Crippen LogP contribution >= 0.6 is 0 Å². The molecule has 0 bridgehead atoms. The number of hydrogen-bond donors (Lipinski definition) is 1. The number of hydrogen-bond acceptors (Lipinski definition) is 5. The molecule has 0 amide bonds.